The van der Waals surface area contributed by atoms with Crippen LogP contribution < -0.4 is 0 Å². The summed E-state index contributed by atoms with van der Waals surface area (Å²) in [4.78, 5) is 67.3. The summed E-state index contributed by atoms with van der Waals surface area (Å²) in [5, 5.41) is 85.8. The van der Waals surface area contributed by atoms with Crippen molar-refractivity contribution in [2.45, 2.75) is 156 Å². The maximum atomic E-state index is 13.4. The molecule has 9 aliphatic rings. The molecule has 15 atom stereocenters. The fraction of sp³-hybridized carbons (Fsp3) is 0.580. The monoisotopic (exact) mass is 1010 g/mol. The quantitative estimate of drug-likeness (QED) is 0.0530. The molecule has 0 radical (unpaired) electrons. The van der Waals surface area contributed by atoms with Gasteiger partial charge in [0.1, 0.15) is 86.5 Å². The van der Waals surface area contributed by atoms with E-state index < -0.39 is 154 Å². The molecule has 0 aromatic heterocycles. The third-order valence-electron chi connectivity index (χ3n) is 14.0. The third-order valence-corrected chi connectivity index (χ3v) is 14.0. The Labute approximate surface area is 411 Å². The van der Waals surface area contributed by atoms with Crippen molar-refractivity contribution >= 4 is 62.0 Å². The Morgan fingerprint density at radius 3 is 1.81 bits per heavy atom. The Kier molecular flexibility index (Phi) is 16.3. The van der Waals surface area contributed by atoms with Crippen LogP contribution in [0.2, 0.25) is 0 Å². The van der Waals surface area contributed by atoms with Gasteiger partial charge < -0.3 is 78.5 Å². The summed E-state index contributed by atoms with van der Waals surface area (Å²) in [6, 6.07) is 18.7. The number of aliphatic hydroxyl groups excluding tert-OH is 7. The molecule has 15 unspecified atom stereocenters. The molecule has 22 nitrogen and oxygen atoms in total. The van der Waals surface area contributed by atoms with Gasteiger partial charge in [-0.25, -0.2) is 4.79 Å². The van der Waals surface area contributed by atoms with E-state index in [0.29, 0.717) is 30.7 Å². The van der Waals surface area contributed by atoms with Crippen LogP contribution in [0.3, 0.4) is 0 Å². The van der Waals surface area contributed by atoms with E-state index in [1.165, 1.54) is 5.39 Å². The number of imide groups is 1. The Morgan fingerprint density at radius 1 is 0.583 bits per heavy atom. The van der Waals surface area contributed by atoms with E-state index in [1.54, 1.807) is 0 Å². The van der Waals surface area contributed by atoms with Gasteiger partial charge in [-0.15, -0.1) is 5.06 Å². The zero-order valence-electron chi connectivity index (χ0n) is 39.0. The van der Waals surface area contributed by atoms with Gasteiger partial charge >= 0.3 is 17.9 Å². The molecule has 7 N–H and O–H groups in total. The smallest absolute Gasteiger partial charge is 0.333 e. The highest BCUT2D eigenvalue weighted by atomic mass is 16.8. The van der Waals surface area contributed by atoms with Crippen LogP contribution in [0.4, 0.5) is 0 Å². The average Bonchev–Trinajstić information content (AvgIpc) is 3.69. The number of amides is 2. The lowest BCUT2D eigenvalue weighted by Gasteiger charge is -2.48. The largest absolute Gasteiger partial charge is 0.463 e. The molecule has 0 aliphatic carbocycles. The van der Waals surface area contributed by atoms with Crippen molar-refractivity contribution in [3.63, 3.8) is 0 Å². The molecule has 2 amide bonds. The molecule has 4 aromatic carbocycles. The van der Waals surface area contributed by atoms with Crippen molar-refractivity contribution in [2.24, 2.45) is 0 Å². The second kappa shape index (κ2) is 22.6. The van der Waals surface area contributed by atoms with Gasteiger partial charge in [-0.1, -0.05) is 54.6 Å². The molecule has 13 rings (SSSR count). The van der Waals surface area contributed by atoms with Gasteiger partial charge in [0, 0.05) is 25.9 Å². The minimum Gasteiger partial charge on any atom is -0.463 e. The summed E-state index contributed by atoms with van der Waals surface area (Å²) in [6.45, 7) is -2.01. The van der Waals surface area contributed by atoms with E-state index in [-0.39, 0.29) is 32.3 Å². The zero-order valence-corrected chi connectivity index (χ0v) is 39.0. The van der Waals surface area contributed by atoms with E-state index in [9.17, 15) is 59.7 Å². The van der Waals surface area contributed by atoms with Crippen LogP contribution in [-0.2, 0) is 73.1 Å². The topological polar surface area (TPSA) is 313 Å². The first-order valence-electron chi connectivity index (χ1n) is 24.3. The lowest BCUT2D eigenvalue weighted by Crippen LogP contribution is -2.66. The molecule has 0 saturated carbocycles. The predicted molar refractivity (Wildman–Crippen MR) is 244 cm³/mol. The van der Waals surface area contributed by atoms with Crippen LogP contribution in [0.15, 0.2) is 54.6 Å². The minimum absolute atomic E-state index is 0.0124. The van der Waals surface area contributed by atoms with E-state index in [0.717, 1.165) is 32.5 Å². The van der Waals surface area contributed by atoms with Gasteiger partial charge in [0.05, 0.1) is 25.6 Å². The third kappa shape index (κ3) is 10.9. The zero-order chi connectivity index (χ0) is 50.8. The molecule has 9 heterocycles. The Hall–Kier alpha value is -5.05. The number of carbonyl (C=O) groups is 5. The molecule has 6 bridgehead atoms. The number of nitrogens with zero attached hydrogens (tertiary/aromatic N) is 1. The Morgan fingerprint density at radius 2 is 1.14 bits per heavy atom. The highest BCUT2D eigenvalue weighted by Crippen LogP contribution is 2.38. The van der Waals surface area contributed by atoms with Crippen LogP contribution in [0, 0.1) is 0 Å². The molecular formula is C50H59NO21. The number of ether oxygens (including phenoxy) is 8. The summed E-state index contributed by atoms with van der Waals surface area (Å²) in [6.07, 6.45) is -24.2. The number of rotatable bonds is 13. The van der Waals surface area contributed by atoms with Crippen LogP contribution in [0.1, 0.15) is 63.4 Å². The van der Waals surface area contributed by atoms with E-state index >= 15 is 0 Å². The molecule has 72 heavy (non-hydrogen) atoms. The first-order chi connectivity index (χ1) is 34.7. The van der Waals surface area contributed by atoms with E-state index in [4.69, 9.17) is 42.7 Å². The van der Waals surface area contributed by atoms with Crippen molar-refractivity contribution in [1.82, 2.24) is 5.06 Å². The van der Waals surface area contributed by atoms with Gasteiger partial charge in [0.25, 0.3) is 11.8 Å². The summed E-state index contributed by atoms with van der Waals surface area (Å²) >= 11 is 0. The van der Waals surface area contributed by atoms with Gasteiger partial charge in [-0.05, 0) is 70.0 Å². The molecule has 22 heteroatoms. The van der Waals surface area contributed by atoms with Crippen molar-refractivity contribution < 1.29 is 102 Å². The number of hydrogen-bond donors (Lipinski definition) is 7. The number of fused-ring (bicyclic) bond motifs is 1. The molecule has 390 valence electrons. The second-order valence-electron chi connectivity index (χ2n) is 18.8. The van der Waals surface area contributed by atoms with Crippen LogP contribution in [0.25, 0.3) is 32.3 Å². The number of hydroxylamine groups is 2. The van der Waals surface area contributed by atoms with Crippen LogP contribution in [0.5, 0.6) is 0 Å². The Balaban J connectivity index is 0.899. The van der Waals surface area contributed by atoms with Gasteiger partial charge in [-0.3, -0.25) is 19.2 Å². The van der Waals surface area contributed by atoms with Gasteiger partial charge in [0.2, 0.25) is 0 Å². The van der Waals surface area contributed by atoms with Gasteiger partial charge in [-0.2, -0.15) is 0 Å². The molecular weight excluding hydrogens is 951 g/mol. The van der Waals surface area contributed by atoms with E-state index in [1.807, 2.05) is 6.07 Å². The van der Waals surface area contributed by atoms with Crippen molar-refractivity contribution in [2.75, 3.05) is 26.4 Å². The number of aryl methyl sites for hydroxylation is 1. The maximum absolute atomic E-state index is 13.4. The SMILES string of the molecule is O=C(CCCc1ccc2ccc3cccc4ccc1c2c34)OCC1OC2CCCCOC3C(CO)OC(OC4C(COC(=O)CCC(=O)ON5C(=O)CCC5=O)OC(OC1C(O)C2O)C(O)C4O)C(O)C3O. The Bertz CT molecular complexity index is 2540. The number of benzene rings is 4. The highest BCUT2D eigenvalue weighted by molar-refractivity contribution is 6.23. The fourth-order valence-corrected chi connectivity index (χ4v) is 10.2. The van der Waals surface area contributed by atoms with Crippen LogP contribution in [-0.4, -0.2) is 189 Å². The number of aliphatic hydroxyl groups is 7. The van der Waals surface area contributed by atoms with Gasteiger partial charge in [0.15, 0.2) is 12.6 Å². The summed E-state index contributed by atoms with van der Waals surface area (Å²) in [5.41, 5.74) is 1.06. The minimum atomic E-state index is -2.05. The summed E-state index contributed by atoms with van der Waals surface area (Å²) in [5.74, 6) is -4.16. The summed E-state index contributed by atoms with van der Waals surface area (Å²) in [7, 11) is 0. The predicted octanol–water partition coefficient (Wildman–Crippen LogP) is 0.0949. The average molecular weight is 1010 g/mol. The molecule has 9 fully saturated rings. The first kappa shape index (κ1) is 51.8. The highest BCUT2D eigenvalue weighted by Gasteiger charge is 2.54. The van der Waals surface area contributed by atoms with E-state index in [2.05, 4.69) is 48.5 Å². The first-order valence-corrected chi connectivity index (χ1v) is 24.3. The second-order valence-corrected chi connectivity index (χ2v) is 18.8. The lowest BCUT2D eigenvalue weighted by molar-refractivity contribution is -0.373. The lowest BCUT2D eigenvalue weighted by atomic mass is 9.90. The number of hydrogen-bond acceptors (Lipinski definition) is 21. The normalized spacial score (nSPS) is 33.6. The standard InChI is InChI=1S/C50H59NO21/c52-21-30-46-42(60)44(62)49(68-30)71-48-32(23-66-36(56)18-19-37(57)72-51-33(53)16-17-34(51)54)69-50(45(63)43(48)61)70-47-31(67-29(40(58)41(47)59)8-1-2-20-64-46)22-65-35(55)9-4-5-24-10-11-27-13-12-25-6-3-7-26-14-15-28(24)39(27)38(25)26/h3,6-7,10-15,29-32,40-50,52,58-63H,1-2,4-5,8-9,16-23H2. The van der Waals surface area contributed by atoms with Crippen molar-refractivity contribution in [3.8, 4) is 0 Å². The maximum Gasteiger partial charge on any atom is 0.333 e. The number of esters is 2. The van der Waals surface area contributed by atoms with Crippen molar-refractivity contribution in [3.05, 3.63) is 60.2 Å². The van der Waals surface area contributed by atoms with Crippen LogP contribution >= 0.6 is 0 Å². The molecule has 9 saturated heterocycles. The fourth-order valence-electron chi connectivity index (χ4n) is 10.2. The molecule has 9 aliphatic heterocycles. The van der Waals surface area contributed by atoms with Crippen molar-refractivity contribution in [1.29, 1.82) is 0 Å². The molecule has 0 spiro atoms. The molecule has 4 aromatic rings. The number of carbonyl (C=O) groups excluding carboxylic acids is 5. The summed E-state index contributed by atoms with van der Waals surface area (Å²) < 4.78 is 47.1.